The van der Waals surface area contributed by atoms with Crippen molar-refractivity contribution in [3.05, 3.63) is 84.4 Å². The van der Waals surface area contributed by atoms with Crippen molar-refractivity contribution >= 4 is 23.2 Å². The first-order valence-corrected chi connectivity index (χ1v) is 9.90. The lowest BCUT2D eigenvalue weighted by Crippen LogP contribution is -2.37. The van der Waals surface area contributed by atoms with Crippen LogP contribution >= 0.6 is 0 Å². The van der Waals surface area contributed by atoms with E-state index >= 15 is 0 Å². The SMILES string of the molecule is COc1ccc(N2C(=O)[C@@H]3[C@H](ON(c4ccccc4)[C@@H]3c3ccc(O)cc3)C2=O)cc1. The summed E-state index contributed by atoms with van der Waals surface area (Å²) in [6.45, 7) is 0. The first-order chi connectivity index (χ1) is 15.1. The maximum absolute atomic E-state index is 13.5. The first kappa shape index (κ1) is 19.1. The number of benzene rings is 3. The molecule has 7 nitrogen and oxygen atoms in total. The zero-order chi connectivity index (χ0) is 21.5. The number of anilines is 2. The number of aromatic hydroxyl groups is 1. The molecular formula is C24H20N2O5. The number of carbonyl (C=O) groups is 2. The number of imide groups is 1. The normalized spacial score (nSPS) is 22.7. The van der Waals surface area contributed by atoms with Gasteiger partial charge in [0.15, 0.2) is 6.10 Å². The molecule has 2 amide bonds. The Morgan fingerprint density at radius 1 is 0.839 bits per heavy atom. The molecule has 0 radical (unpaired) electrons. The van der Waals surface area contributed by atoms with Gasteiger partial charge in [0.25, 0.3) is 5.91 Å². The lowest BCUT2D eigenvalue weighted by Gasteiger charge is -2.28. The van der Waals surface area contributed by atoms with Crippen molar-refractivity contribution < 1.29 is 24.3 Å². The maximum atomic E-state index is 13.5. The molecule has 0 bridgehead atoms. The number of phenols is 1. The fraction of sp³-hybridized carbons (Fsp3) is 0.167. The van der Waals surface area contributed by atoms with Crippen molar-refractivity contribution in [1.82, 2.24) is 0 Å². The van der Waals surface area contributed by atoms with Crippen LogP contribution in [0.2, 0.25) is 0 Å². The molecule has 2 saturated heterocycles. The second kappa shape index (κ2) is 7.45. The zero-order valence-corrected chi connectivity index (χ0v) is 16.7. The van der Waals surface area contributed by atoms with Crippen molar-refractivity contribution in [2.75, 3.05) is 17.1 Å². The topological polar surface area (TPSA) is 79.3 Å². The fourth-order valence-corrected chi connectivity index (χ4v) is 4.21. The molecule has 0 spiro atoms. The van der Waals surface area contributed by atoms with Gasteiger partial charge in [-0.2, -0.15) is 0 Å². The molecule has 5 rings (SSSR count). The van der Waals surface area contributed by atoms with Crippen LogP contribution in [-0.4, -0.2) is 30.1 Å². The van der Waals surface area contributed by atoms with E-state index < -0.39 is 24.0 Å². The summed E-state index contributed by atoms with van der Waals surface area (Å²) in [4.78, 5) is 34.0. The highest BCUT2D eigenvalue weighted by molar-refractivity contribution is 6.23. The van der Waals surface area contributed by atoms with E-state index in [-0.39, 0.29) is 11.7 Å². The van der Waals surface area contributed by atoms with E-state index in [1.807, 2.05) is 30.3 Å². The number of carbonyl (C=O) groups excluding carboxylic acids is 2. The highest BCUT2D eigenvalue weighted by Crippen LogP contribution is 2.47. The van der Waals surface area contributed by atoms with Crippen molar-refractivity contribution in [2.45, 2.75) is 12.1 Å². The van der Waals surface area contributed by atoms with Gasteiger partial charge in [-0.3, -0.25) is 14.4 Å². The van der Waals surface area contributed by atoms with Gasteiger partial charge in [0.05, 0.1) is 24.5 Å². The molecule has 3 atom stereocenters. The molecule has 0 saturated carbocycles. The maximum Gasteiger partial charge on any atom is 0.266 e. The number of fused-ring (bicyclic) bond motifs is 1. The Bertz CT molecular complexity index is 1110. The van der Waals surface area contributed by atoms with Crippen molar-refractivity contribution in [2.24, 2.45) is 5.92 Å². The van der Waals surface area contributed by atoms with Crippen LogP contribution in [0.5, 0.6) is 11.5 Å². The van der Waals surface area contributed by atoms with Gasteiger partial charge in [-0.25, -0.2) is 9.96 Å². The van der Waals surface area contributed by atoms with Gasteiger partial charge in [0.1, 0.15) is 17.4 Å². The number of methoxy groups -OCH3 is 1. The van der Waals surface area contributed by atoms with Crippen LogP contribution in [-0.2, 0) is 14.4 Å². The molecule has 3 aromatic carbocycles. The number of hydrogen-bond donors (Lipinski definition) is 1. The number of rotatable bonds is 4. The Kier molecular flexibility index (Phi) is 4.60. The van der Waals surface area contributed by atoms with E-state index in [9.17, 15) is 14.7 Å². The van der Waals surface area contributed by atoms with Crippen molar-refractivity contribution in [1.29, 1.82) is 0 Å². The predicted octanol–water partition coefficient (Wildman–Crippen LogP) is 3.45. The number of amides is 2. The molecule has 156 valence electrons. The van der Waals surface area contributed by atoms with E-state index in [0.29, 0.717) is 11.4 Å². The molecule has 7 heteroatoms. The Hall–Kier alpha value is -3.84. The van der Waals surface area contributed by atoms with E-state index in [4.69, 9.17) is 9.57 Å². The smallest absolute Gasteiger partial charge is 0.266 e. The monoisotopic (exact) mass is 416 g/mol. The number of phenolic OH excluding ortho intramolecular Hbond substituents is 1. The molecule has 0 unspecified atom stereocenters. The third-order valence-corrected chi connectivity index (χ3v) is 5.69. The van der Waals surface area contributed by atoms with Crippen LogP contribution in [0.4, 0.5) is 11.4 Å². The Balaban J connectivity index is 1.56. The standard InChI is InChI=1S/C24H20N2O5/c1-30-19-13-9-16(10-14-19)25-23(28)20-21(15-7-11-18(27)12-8-15)26(31-22(20)24(25)29)17-5-3-2-4-6-17/h2-14,20-22,27H,1H3/t20-,21+,22-/m0/s1. The number of hydroxylamine groups is 1. The minimum Gasteiger partial charge on any atom is -0.508 e. The van der Waals surface area contributed by atoms with Gasteiger partial charge in [-0.15, -0.1) is 0 Å². The number of para-hydroxylation sites is 1. The van der Waals surface area contributed by atoms with E-state index in [2.05, 4.69) is 0 Å². The number of hydrogen-bond acceptors (Lipinski definition) is 6. The molecule has 2 fully saturated rings. The summed E-state index contributed by atoms with van der Waals surface area (Å²) in [5, 5.41) is 11.3. The van der Waals surface area contributed by atoms with Crippen LogP contribution < -0.4 is 14.7 Å². The van der Waals surface area contributed by atoms with E-state index in [1.54, 1.807) is 60.7 Å². The van der Waals surface area contributed by atoms with Crippen molar-refractivity contribution in [3.8, 4) is 11.5 Å². The molecule has 31 heavy (non-hydrogen) atoms. The molecule has 3 aromatic rings. The molecule has 2 heterocycles. The minimum atomic E-state index is -0.936. The average molecular weight is 416 g/mol. The molecule has 2 aliphatic heterocycles. The highest BCUT2D eigenvalue weighted by atomic mass is 16.7. The summed E-state index contributed by atoms with van der Waals surface area (Å²) in [7, 11) is 1.56. The van der Waals surface area contributed by atoms with Gasteiger partial charge >= 0.3 is 0 Å². The van der Waals surface area contributed by atoms with Gasteiger partial charge in [0, 0.05) is 0 Å². The van der Waals surface area contributed by atoms with E-state index in [1.165, 1.54) is 4.90 Å². The lowest BCUT2D eigenvalue weighted by molar-refractivity contribution is -0.126. The zero-order valence-electron chi connectivity index (χ0n) is 16.7. The summed E-state index contributed by atoms with van der Waals surface area (Å²) < 4.78 is 5.17. The molecule has 1 N–H and O–H groups in total. The van der Waals surface area contributed by atoms with Gasteiger partial charge in [-0.1, -0.05) is 30.3 Å². The first-order valence-electron chi connectivity index (χ1n) is 9.90. The van der Waals surface area contributed by atoms with Crippen molar-refractivity contribution in [3.63, 3.8) is 0 Å². The predicted molar refractivity (Wildman–Crippen MR) is 114 cm³/mol. The highest BCUT2D eigenvalue weighted by Gasteiger charge is 2.60. The van der Waals surface area contributed by atoms with E-state index in [0.717, 1.165) is 11.3 Å². The number of nitrogens with zero attached hydrogens (tertiary/aromatic N) is 2. The van der Waals surface area contributed by atoms with Gasteiger partial charge in [-0.05, 0) is 54.1 Å². The van der Waals surface area contributed by atoms with Crippen LogP contribution in [0, 0.1) is 5.92 Å². The third-order valence-electron chi connectivity index (χ3n) is 5.69. The largest absolute Gasteiger partial charge is 0.508 e. The second-order valence-corrected chi connectivity index (χ2v) is 7.46. The minimum absolute atomic E-state index is 0.124. The fourth-order valence-electron chi connectivity index (χ4n) is 4.21. The summed E-state index contributed by atoms with van der Waals surface area (Å²) in [5.41, 5.74) is 1.99. The van der Waals surface area contributed by atoms with Crippen LogP contribution in [0.15, 0.2) is 78.9 Å². The average Bonchev–Trinajstić information content (AvgIpc) is 3.31. The van der Waals surface area contributed by atoms with Crippen LogP contribution in [0.1, 0.15) is 11.6 Å². The Labute approximate surface area is 179 Å². The second-order valence-electron chi connectivity index (χ2n) is 7.46. The quantitative estimate of drug-likeness (QED) is 0.657. The summed E-state index contributed by atoms with van der Waals surface area (Å²) >= 11 is 0. The lowest BCUT2D eigenvalue weighted by atomic mass is 9.90. The van der Waals surface area contributed by atoms with Crippen LogP contribution in [0.25, 0.3) is 0 Å². The molecule has 0 aromatic heterocycles. The Morgan fingerprint density at radius 3 is 2.16 bits per heavy atom. The third kappa shape index (κ3) is 3.10. The summed E-state index contributed by atoms with van der Waals surface area (Å²) in [5.74, 6) is -0.686. The van der Waals surface area contributed by atoms with Gasteiger partial charge in [0.2, 0.25) is 5.91 Å². The molecular weight excluding hydrogens is 396 g/mol. The summed E-state index contributed by atoms with van der Waals surface area (Å²) in [6.07, 6.45) is -0.936. The van der Waals surface area contributed by atoms with Crippen LogP contribution in [0.3, 0.4) is 0 Å². The summed E-state index contributed by atoms with van der Waals surface area (Å²) in [6, 6.07) is 22.2. The molecule has 2 aliphatic rings. The Morgan fingerprint density at radius 2 is 1.52 bits per heavy atom. The van der Waals surface area contributed by atoms with Gasteiger partial charge < -0.3 is 9.84 Å². The molecule has 0 aliphatic carbocycles. The number of ether oxygens (including phenoxy) is 1.